The number of benzene rings is 1. The summed E-state index contributed by atoms with van der Waals surface area (Å²) in [6.07, 6.45) is 0. The second-order valence-electron chi connectivity index (χ2n) is 2.81. The molecule has 0 saturated heterocycles. The first-order valence-electron chi connectivity index (χ1n) is 4.41. The standard InChI is InChI=1S/C9H9BN2O4/c11-5-6-12-9(13)7-1-3-8(4-2-7)16-10(14)15/h1-4,14-15H,6H2,(H,12,13). The molecule has 6 nitrogen and oxygen atoms in total. The molecule has 82 valence electrons. The summed E-state index contributed by atoms with van der Waals surface area (Å²) in [6, 6.07) is 7.52. The van der Waals surface area contributed by atoms with Gasteiger partial charge in [-0.05, 0) is 24.3 Å². The summed E-state index contributed by atoms with van der Waals surface area (Å²) >= 11 is 0. The summed E-state index contributed by atoms with van der Waals surface area (Å²) in [4.78, 5) is 11.3. The number of carbonyl (C=O) groups excluding carboxylic acids is 1. The monoisotopic (exact) mass is 220 g/mol. The maximum absolute atomic E-state index is 11.3. The number of nitrogens with zero attached hydrogens (tertiary/aromatic N) is 1. The van der Waals surface area contributed by atoms with Crippen molar-refractivity contribution in [3.63, 3.8) is 0 Å². The van der Waals surface area contributed by atoms with E-state index >= 15 is 0 Å². The van der Waals surface area contributed by atoms with Gasteiger partial charge >= 0.3 is 7.32 Å². The van der Waals surface area contributed by atoms with Crippen molar-refractivity contribution in [2.75, 3.05) is 6.54 Å². The van der Waals surface area contributed by atoms with E-state index in [-0.39, 0.29) is 18.2 Å². The van der Waals surface area contributed by atoms with Crippen LogP contribution in [0.5, 0.6) is 5.75 Å². The molecular weight excluding hydrogens is 211 g/mol. The van der Waals surface area contributed by atoms with E-state index in [1.807, 2.05) is 0 Å². The summed E-state index contributed by atoms with van der Waals surface area (Å²) in [5.41, 5.74) is 0.357. The van der Waals surface area contributed by atoms with E-state index < -0.39 is 7.32 Å². The zero-order chi connectivity index (χ0) is 12.0. The van der Waals surface area contributed by atoms with Crippen molar-refractivity contribution in [3.05, 3.63) is 29.8 Å². The average Bonchev–Trinajstić information content (AvgIpc) is 2.26. The van der Waals surface area contributed by atoms with Gasteiger partial charge in [0.2, 0.25) is 0 Å². The molecule has 0 atom stereocenters. The fraction of sp³-hybridized carbons (Fsp3) is 0.111. The van der Waals surface area contributed by atoms with E-state index in [1.165, 1.54) is 24.3 Å². The third-order valence-corrected chi connectivity index (χ3v) is 1.69. The zero-order valence-electron chi connectivity index (χ0n) is 8.25. The van der Waals surface area contributed by atoms with E-state index in [2.05, 4.69) is 9.97 Å². The lowest BCUT2D eigenvalue weighted by atomic mass is 10.2. The number of nitriles is 1. The zero-order valence-corrected chi connectivity index (χ0v) is 8.25. The van der Waals surface area contributed by atoms with E-state index in [4.69, 9.17) is 15.3 Å². The topological polar surface area (TPSA) is 103 Å². The van der Waals surface area contributed by atoms with Crippen LogP contribution in [0.3, 0.4) is 0 Å². The Labute approximate surface area is 92.3 Å². The third kappa shape index (κ3) is 3.61. The minimum absolute atomic E-state index is 0.0631. The minimum Gasteiger partial charge on any atom is -0.512 e. The largest absolute Gasteiger partial charge is 0.707 e. The molecule has 0 unspecified atom stereocenters. The molecule has 0 saturated carbocycles. The Balaban J connectivity index is 2.64. The summed E-state index contributed by atoms with van der Waals surface area (Å²) in [5, 5.41) is 27.7. The van der Waals surface area contributed by atoms with Crippen molar-refractivity contribution in [2.45, 2.75) is 0 Å². The molecule has 0 bridgehead atoms. The van der Waals surface area contributed by atoms with Gasteiger partial charge in [0, 0.05) is 5.56 Å². The molecular formula is C9H9BN2O4. The molecule has 0 aliphatic rings. The first kappa shape index (κ1) is 12.0. The SMILES string of the molecule is N#CCNC(=O)c1ccc(OB(O)O)cc1. The highest BCUT2D eigenvalue weighted by molar-refractivity contribution is 6.33. The second-order valence-corrected chi connectivity index (χ2v) is 2.81. The van der Waals surface area contributed by atoms with E-state index in [0.29, 0.717) is 5.56 Å². The number of hydrogen-bond donors (Lipinski definition) is 3. The molecule has 1 amide bonds. The summed E-state index contributed by atoms with van der Waals surface area (Å²) in [5.74, 6) is -0.149. The van der Waals surface area contributed by atoms with Crippen LogP contribution in [0, 0.1) is 11.3 Å². The van der Waals surface area contributed by atoms with Crippen LogP contribution in [0.1, 0.15) is 10.4 Å². The van der Waals surface area contributed by atoms with E-state index in [9.17, 15) is 4.79 Å². The Bertz CT molecular complexity index is 399. The molecule has 0 fully saturated rings. The number of carbonyl (C=O) groups is 1. The van der Waals surface area contributed by atoms with Crippen molar-refractivity contribution in [1.29, 1.82) is 5.26 Å². The van der Waals surface area contributed by atoms with Crippen LogP contribution in [0.2, 0.25) is 0 Å². The lowest BCUT2D eigenvalue weighted by Crippen LogP contribution is -2.23. The molecule has 1 aromatic rings. The number of hydrogen-bond acceptors (Lipinski definition) is 5. The lowest BCUT2D eigenvalue weighted by molar-refractivity contribution is 0.0958. The molecule has 0 heterocycles. The Morgan fingerprint density at radius 1 is 1.44 bits per heavy atom. The molecule has 7 heteroatoms. The lowest BCUT2D eigenvalue weighted by Gasteiger charge is -2.05. The average molecular weight is 220 g/mol. The van der Waals surface area contributed by atoms with Crippen LogP contribution >= 0.6 is 0 Å². The summed E-state index contributed by atoms with van der Waals surface area (Å²) < 4.78 is 4.56. The Kier molecular flexibility index (Phi) is 4.33. The van der Waals surface area contributed by atoms with E-state index in [0.717, 1.165) is 0 Å². The molecule has 1 rings (SSSR count). The van der Waals surface area contributed by atoms with Gasteiger partial charge in [0.25, 0.3) is 5.91 Å². The van der Waals surface area contributed by atoms with Crippen molar-refractivity contribution < 1.29 is 19.5 Å². The van der Waals surface area contributed by atoms with Gasteiger partial charge in [0.1, 0.15) is 12.3 Å². The van der Waals surface area contributed by atoms with Gasteiger partial charge in [-0.1, -0.05) is 0 Å². The maximum atomic E-state index is 11.3. The molecule has 3 N–H and O–H groups in total. The predicted molar refractivity (Wildman–Crippen MR) is 55.2 cm³/mol. The minimum atomic E-state index is -1.89. The first-order valence-corrected chi connectivity index (χ1v) is 4.41. The predicted octanol–water partition coefficient (Wildman–Crippen LogP) is -0.712. The smallest absolute Gasteiger partial charge is 0.512 e. The van der Waals surface area contributed by atoms with Crippen molar-refractivity contribution >= 4 is 13.2 Å². The molecule has 0 aliphatic heterocycles. The van der Waals surface area contributed by atoms with Gasteiger partial charge < -0.3 is 20.0 Å². The summed E-state index contributed by atoms with van der Waals surface area (Å²) in [6.45, 7) is -0.0631. The van der Waals surface area contributed by atoms with Gasteiger partial charge in [-0.2, -0.15) is 5.26 Å². The molecule has 0 radical (unpaired) electrons. The highest BCUT2D eigenvalue weighted by Crippen LogP contribution is 2.12. The number of nitrogens with one attached hydrogen (secondary N) is 1. The van der Waals surface area contributed by atoms with Gasteiger partial charge in [0.15, 0.2) is 0 Å². The van der Waals surface area contributed by atoms with Gasteiger partial charge in [-0.25, -0.2) is 0 Å². The fourth-order valence-corrected chi connectivity index (χ4v) is 1.03. The van der Waals surface area contributed by atoms with Crippen molar-refractivity contribution in [3.8, 4) is 11.8 Å². The van der Waals surface area contributed by atoms with Crippen molar-refractivity contribution in [1.82, 2.24) is 5.32 Å². The molecule has 16 heavy (non-hydrogen) atoms. The molecule has 0 spiro atoms. The van der Waals surface area contributed by atoms with Gasteiger partial charge in [-0.3, -0.25) is 4.79 Å². The highest BCUT2D eigenvalue weighted by Gasteiger charge is 2.11. The second kappa shape index (κ2) is 5.75. The van der Waals surface area contributed by atoms with Crippen LogP contribution in [-0.4, -0.2) is 29.8 Å². The van der Waals surface area contributed by atoms with Gasteiger partial charge in [0.05, 0.1) is 6.07 Å². The van der Waals surface area contributed by atoms with Crippen LogP contribution < -0.4 is 9.97 Å². The fourth-order valence-electron chi connectivity index (χ4n) is 1.03. The molecule has 0 aromatic heterocycles. The van der Waals surface area contributed by atoms with Crippen molar-refractivity contribution in [2.24, 2.45) is 0 Å². The highest BCUT2D eigenvalue weighted by atomic mass is 16.6. The Hall–Kier alpha value is -2.04. The number of rotatable bonds is 4. The third-order valence-electron chi connectivity index (χ3n) is 1.69. The van der Waals surface area contributed by atoms with Crippen LogP contribution in [0.15, 0.2) is 24.3 Å². The molecule has 1 aromatic carbocycles. The first-order chi connectivity index (χ1) is 7.63. The summed E-state index contributed by atoms with van der Waals surface area (Å²) in [7, 11) is -1.89. The normalized spacial score (nSPS) is 9.06. The maximum Gasteiger partial charge on any atom is 0.707 e. The number of amides is 1. The Morgan fingerprint density at radius 2 is 2.06 bits per heavy atom. The van der Waals surface area contributed by atoms with Gasteiger partial charge in [-0.15, -0.1) is 0 Å². The molecule has 0 aliphatic carbocycles. The Morgan fingerprint density at radius 3 is 2.56 bits per heavy atom. The van der Waals surface area contributed by atoms with Crippen LogP contribution in [0.25, 0.3) is 0 Å². The van der Waals surface area contributed by atoms with E-state index in [1.54, 1.807) is 6.07 Å². The quantitative estimate of drug-likeness (QED) is 0.459. The van der Waals surface area contributed by atoms with Crippen LogP contribution in [0.4, 0.5) is 0 Å². The van der Waals surface area contributed by atoms with Crippen LogP contribution in [-0.2, 0) is 0 Å².